The van der Waals surface area contributed by atoms with E-state index < -0.39 is 11.5 Å². The van der Waals surface area contributed by atoms with E-state index in [0.717, 1.165) is 0 Å². The maximum absolute atomic E-state index is 11.2. The second-order valence-electron chi connectivity index (χ2n) is 4.30. The summed E-state index contributed by atoms with van der Waals surface area (Å²) in [5.74, 6) is -1.33. The SMILES string of the molecule is COC(=O)CC[C@@]1(CCC(=O)O)CCC(=O)N1. The molecule has 96 valence electrons. The highest BCUT2D eigenvalue weighted by Crippen LogP contribution is 2.30. The monoisotopic (exact) mass is 243 g/mol. The van der Waals surface area contributed by atoms with Crippen LogP contribution in [0.2, 0.25) is 0 Å². The number of carbonyl (C=O) groups is 3. The first-order valence-electron chi connectivity index (χ1n) is 5.57. The van der Waals surface area contributed by atoms with Gasteiger partial charge in [0.25, 0.3) is 0 Å². The molecule has 2 N–H and O–H groups in total. The fourth-order valence-corrected chi connectivity index (χ4v) is 2.06. The highest BCUT2D eigenvalue weighted by atomic mass is 16.5. The van der Waals surface area contributed by atoms with Crippen LogP contribution in [0.5, 0.6) is 0 Å². The summed E-state index contributed by atoms with van der Waals surface area (Å²) < 4.78 is 4.54. The molecule has 0 aliphatic carbocycles. The Hall–Kier alpha value is -1.59. The minimum atomic E-state index is -0.899. The summed E-state index contributed by atoms with van der Waals surface area (Å²) in [5.41, 5.74) is -0.552. The number of ether oxygens (including phenoxy) is 1. The van der Waals surface area contributed by atoms with Gasteiger partial charge < -0.3 is 15.2 Å². The van der Waals surface area contributed by atoms with Crippen molar-refractivity contribution in [2.24, 2.45) is 0 Å². The van der Waals surface area contributed by atoms with Gasteiger partial charge in [0.2, 0.25) is 5.91 Å². The number of amides is 1. The van der Waals surface area contributed by atoms with E-state index in [0.29, 0.717) is 25.7 Å². The lowest BCUT2D eigenvalue weighted by Gasteiger charge is -2.28. The summed E-state index contributed by atoms with van der Waals surface area (Å²) in [5, 5.41) is 11.5. The Balaban J connectivity index is 2.56. The van der Waals surface area contributed by atoms with E-state index in [4.69, 9.17) is 5.11 Å². The zero-order valence-electron chi connectivity index (χ0n) is 9.82. The first-order valence-corrected chi connectivity index (χ1v) is 5.57. The number of esters is 1. The molecule has 1 saturated heterocycles. The van der Waals surface area contributed by atoms with Crippen molar-refractivity contribution in [3.63, 3.8) is 0 Å². The summed E-state index contributed by atoms with van der Waals surface area (Å²) >= 11 is 0. The minimum Gasteiger partial charge on any atom is -0.481 e. The predicted octanol–water partition coefficient (Wildman–Crippen LogP) is 0.453. The number of carboxylic acids is 1. The molecule has 0 aromatic rings. The van der Waals surface area contributed by atoms with Crippen LogP contribution in [0.1, 0.15) is 38.5 Å². The van der Waals surface area contributed by atoms with E-state index in [9.17, 15) is 14.4 Å². The molecule has 0 aromatic carbocycles. The highest BCUT2D eigenvalue weighted by Gasteiger charge is 2.37. The standard InChI is InChI=1S/C11H17NO5/c1-17-10(16)4-7-11(6-3-9(14)15)5-2-8(13)12-11/h2-7H2,1H3,(H,12,13)(H,14,15)/t11-/m0/s1. The summed E-state index contributed by atoms with van der Waals surface area (Å²) in [7, 11) is 1.31. The second-order valence-corrected chi connectivity index (χ2v) is 4.30. The molecule has 1 heterocycles. The van der Waals surface area contributed by atoms with Gasteiger partial charge in [-0.15, -0.1) is 0 Å². The zero-order valence-corrected chi connectivity index (χ0v) is 9.82. The molecular formula is C11H17NO5. The van der Waals surface area contributed by atoms with E-state index in [1.807, 2.05) is 0 Å². The molecule has 6 heteroatoms. The van der Waals surface area contributed by atoms with Gasteiger partial charge >= 0.3 is 11.9 Å². The number of hydrogen-bond donors (Lipinski definition) is 2. The fraction of sp³-hybridized carbons (Fsp3) is 0.727. The molecule has 1 fully saturated rings. The Labute approximate surface area is 99.3 Å². The molecule has 1 amide bonds. The Bertz CT molecular complexity index is 328. The average Bonchev–Trinajstić information content (AvgIpc) is 2.66. The molecule has 17 heavy (non-hydrogen) atoms. The number of rotatable bonds is 6. The van der Waals surface area contributed by atoms with Crippen LogP contribution in [-0.2, 0) is 19.1 Å². The van der Waals surface area contributed by atoms with E-state index in [2.05, 4.69) is 10.1 Å². The van der Waals surface area contributed by atoms with E-state index in [1.54, 1.807) is 0 Å². The van der Waals surface area contributed by atoms with Gasteiger partial charge in [0.1, 0.15) is 0 Å². The number of carboxylic acid groups (broad SMARTS) is 1. The molecule has 0 unspecified atom stereocenters. The molecule has 1 aliphatic heterocycles. The highest BCUT2D eigenvalue weighted by molar-refractivity contribution is 5.80. The largest absolute Gasteiger partial charge is 0.481 e. The number of aliphatic carboxylic acids is 1. The van der Waals surface area contributed by atoms with Gasteiger partial charge in [-0.05, 0) is 19.3 Å². The lowest BCUT2D eigenvalue weighted by molar-refractivity contribution is -0.141. The molecule has 0 radical (unpaired) electrons. The van der Waals surface area contributed by atoms with Gasteiger partial charge in [0.05, 0.1) is 7.11 Å². The molecule has 0 spiro atoms. The fourth-order valence-electron chi connectivity index (χ4n) is 2.06. The van der Waals surface area contributed by atoms with Crippen LogP contribution >= 0.6 is 0 Å². The molecule has 1 atom stereocenters. The lowest BCUT2D eigenvalue weighted by Crippen LogP contribution is -2.42. The summed E-state index contributed by atoms with van der Waals surface area (Å²) in [6.45, 7) is 0. The van der Waals surface area contributed by atoms with Crippen molar-refractivity contribution >= 4 is 17.8 Å². The van der Waals surface area contributed by atoms with Gasteiger partial charge in [-0.1, -0.05) is 0 Å². The first kappa shape index (κ1) is 13.5. The number of methoxy groups -OCH3 is 1. The van der Waals surface area contributed by atoms with Crippen molar-refractivity contribution in [3.05, 3.63) is 0 Å². The molecule has 0 aromatic heterocycles. The van der Waals surface area contributed by atoms with Crippen LogP contribution in [0, 0.1) is 0 Å². The second kappa shape index (κ2) is 5.65. The average molecular weight is 243 g/mol. The van der Waals surface area contributed by atoms with Crippen molar-refractivity contribution in [1.82, 2.24) is 5.32 Å². The molecule has 6 nitrogen and oxygen atoms in total. The normalized spacial score (nSPS) is 23.2. The van der Waals surface area contributed by atoms with Crippen LogP contribution in [0.15, 0.2) is 0 Å². The molecular weight excluding hydrogens is 226 g/mol. The lowest BCUT2D eigenvalue weighted by atomic mass is 9.87. The van der Waals surface area contributed by atoms with Crippen molar-refractivity contribution in [1.29, 1.82) is 0 Å². The third-order valence-corrected chi connectivity index (χ3v) is 3.09. The molecule has 1 rings (SSSR count). The van der Waals surface area contributed by atoms with Gasteiger partial charge in [-0.25, -0.2) is 0 Å². The number of hydrogen-bond acceptors (Lipinski definition) is 4. The van der Waals surface area contributed by atoms with Crippen molar-refractivity contribution in [2.45, 2.75) is 44.1 Å². The zero-order chi connectivity index (χ0) is 12.9. The summed E-state index contributed by atoms with van der Waals surface area (Å²) in [4.78, 5) is 32.9. The van der Waals surface area contributed by atoms with Crippen LogP contribution in [0.3, 0.4) is 0 Å². The number of nitrogens with one attached hydrogen (secondary N) is 1. The van der Waals surface area contributed by atoms with Gasteiger partial charge in [0, 0.05) is 24.8 Å². The van der Waals surface area contributed by atoms with E-state index in [-0.39, 0.29) is 24.7 Å². The smallest absolute Gasteiger partial charge is 0.305 e. The minimum absolute atomic E-state index is 0.0124. The van der Waals surface area contributed by atoms with Crippen LogP contribution in [0.25, 0.3) is 0 Å². The van der Waals surface area contributed by atoms with Crippen molar-refractivity contribution < 1.29 is 24.2 Å². The summed E-state index contributed by atoms with van der Waals surface area (Å²) in [6, 6.07) is 0. The molecule has 0 saturated carbocycles. The van der Waals surface area contributed by atoms with Crippen molar-refractivity contribution in [3.8, 4) is 0 Å². The first-order chi connectivity index (χ1) is 7.97. The predicted molar refractivity (Wildman–Crippen MR) is 58.2 cm³/mol. The Morgan fingerprint density at radius 1 is 1.41 bits per heavy atom. The Morgan fingerprint density at radius 2 is 2.06 bits per heavy atom. The topological polar surface area (TPSA) is 92.7 Å². The third kappa shape index (κ3) is 4.05. The maximum Gasteiger partial charge on any atom is 0.305 e. The van der Waals surface area contributed by atoms with Gasteiger partial charge in [0.15, 0.2) is 0 Å². The summed E-state index contributed by atoms with van der Waals surface area (Å²) in [6.07, 6.45) is 1.93. The van der Waals surface area contributed by atoms with Crippen LogP contribution in [-0.4, -0.2) is 35.6 Å². The van der Waals surface area contributed by atoms with E-state index >= 15 is 0 Å². The number of carbonyl (C=O) groups excluding carboxylic acids is 2. The van der Waals surface area contributed by atoms with Crippen LogP contribution in [0.4, 0.5) is 0 Å². The third-order valence-electron chi connectivity index (χ3n) is 3.09. The maximum atomic E-state index is 11.2. The van der Waals surface area contributed by atoms with Crippen molar-refractivity contribution in [2.75, 3.05) is 7.11 Å². The quantitative estimate of drug-likeness (QED) is 0.661. The van der Waals surface area contributed by atoms with E-state index in [1.165, 1.54) is 7.11 Å². The van der Waals surface area contributed by atoms with Gasteiger partial charge in [-0.3, -0.25) is 14.4 Å². The molecule has 1 aliphatic rings. The van der Waals surface area contributed by atoms with Gasteiger partial charge in [-0.2, -0.15) is 0 Å². The van der Waals surface area contributed by atoms with Crippen LogP contribution < -0.4 is 5.32 Å². The Morgan fingerprint density at radius 3 is 2.53 bits per heavy atom. The molecule has 0 bridgehead atoms. The Kier molecular flexibility index (Phi) is 4.48.